The summed E-state index contributed by atoms with van der Waals surface area (Å²) in [6.07, 6.45) is 1.85. The first-order chi connectivity index (χ1) is 8.66. The van der Waals surface area contributed by atoms with Crippen LogP contribution in [0, 0.1) is 16.0 Å². The molecule has 18 heavy (non-hydrogen) atoms. The Labute approximate surface area is 110 Å². The number of hydrogen-bond donors (Lipinski definition) is 0. The van der Waals surface area contributed by atoms with Crippen molar-refractivity contribution in [1.82, 2.24) is 0 Å². The zero-order valence-corrected chi connectivity index (χ0v) is 10.6. The summed E-state index contributed by atoms with van der Waals surface area (Å²) in [5, 5.41) is 11.3. The van der Waals surface area contributed by atoms with Crippen LogP contribution in [0.1, 0.15) is 12.8 Å². The first kappa shape index (κ1) is 13.1. The average Bonchev–Trinajstić information content (AvgIpc) is 2.37. The number of rotatable bonds is 4. The highest BCUT2D eigenvalue weighted by Gasteiger charge is 2.19. The van der Waals surface area contributed by atoms with E-state index in [1.165, 1.54) is 18.2 Å². The third kappa shape index (κ3) is 3.34. The number of nitrogens with zero attached hydrogens (tertiary/aromatic N) is 1. The van der Waals surface area contributed by atoms with Crippen molar-refractivity contribution in [2.24, 2.45) is 5.92 Å². The first-order valence-electron chi connectivity index (χ1n) is 5.81. The Balaban J connectivity index is 2.03. The zero-order valence-electron chi connectivity index (χ0n) is 9.80. The molecule has 6 heteroatoms. The van der Waals surface area contributed by atoms with Gasteiger partial charge in [-0.3, -0.25) is 10.1 Å². The van der Waals surface area contributed by atoms with Crippen molar-refractivity contribution in [3.8, 4) is 5.75 Å². The van der Waals surface area contributed by atoms with Gasteiger partial charge in [-0.15, -0.1) is 0 Å². The molecule has 0 saturated carbocycles. The molecule has 1 aromatic carbocycles. The normalized spacial score (nSPS) is 16.5. The SMILES string of the molecule is O=[N+]([O-])c1ccc(Cl)cc1OCC1CCOCC1. The Hall–Kier alpha value is -1.33. The van der Waals surface area contributed by atoms with E-state index < -0.39 is 4.92 Å². The van der Waals surface area contributed by atoms with Gasteiger partial charge in [0.25, 0.3) is 0 Å². The second-order valence-electron chi connectivity index (χ2n) is 4.24. The predicted octanol–water partition coefficient (Wildman–Crippen LogP) is 3.05. The topological polar surface area (TPSA) is 61.6 Å². The zero-order chi connectivity index (χ0) is 13.0. The number of halogens is 1. The van der Waals surface area contributed by atoms with Crippen molar-refractivity contribution >= 4 is 17.3 Å². The van der Waals surface area contributed by atoms with E-state index in [4.69, 9.17) is 21.1 Å². The van der Waals surface area contributed by atoms with E-state index >= 15 is 0 Å². The smallest absolute Gasteiger partial charge is 0.311 e. The summed E-state index contributed by atoms with van der Waals surface area (Å²) >= 11 is 5.82. The summed E-state index contributed by atoms with van der Waals surface area (Å²) in [6, 6.07) is 4.33. The lowest BCUT2D eigenvalue weighted by molar-refractivity contribution is -0.385. The standard InChI is InChI=1S/C12H14ClNO4/c13-10-1-2-11(14(15)16)12(7-10)18-8-9-3-5-17-6-4-9/h1-2,7,9H,3-6,8H2. The molecular weight excluding hydrogens is 258 g/mol. The molecule has 0 aliphatic carbocycles. The summed E-state index contributed by atoms with van der Waals surface area (Å²) in [6.45, 7) is 1.92. The predicted molar refractivity (Wildman–Crippen MR) is 67.1 cm³/mol. The van der Waals surface area contributed by atoms with Gasteiger partial charge in [-0.25, -0.2) is 0 Å². The molecule has 1 aliphatic rings. The van der Waals surface area contributed by atoms with E-state index in [0.717, 1.165) is 26.1 Å². The van der Waals surface area contributed by atoms with Gasteiger partial charge in [0.05, 0.1) is 11.5 Å². The van der Waals surface area contributed by atoms with Crippen LogP contribution in [0.2, 0.25) is 5.02 Å². The fourth-order valence-corrected chi connectivity index (χ4v) is 2.04. The largest absolute Gasteiger partial charge is 0.486 e. The Bertz CT molecular complexity index is 432. The minimum Gasteiger partial charge on any atom is -0.486 e. The summed E-state index contributed by atoms with van der Waals surface area (Å²) in [7, 11) is 0. The Kier molecular flexibility index (Phi) is 4.38. The van der Waals surface area contributed by atoms with Crippen molar-refractivity contribution in [1.29, 1.82) is 0 Å². The van der Waals surface area contributed by atoms with Gasteiger partial charge in [0.15, 0.2) is 5.75 Å². The van der Waals surface area contributed by atoms with Gasteiger partial charge in [0.2, 0.25) is 0 Å². The molecule has 1 saturated heterocycles. The lowest BCUT2D eigenvalue weighted by Crippen LogP contribution is -2.21. The highest BCUT2D eigenvalue weighted by atomic mass is 35.5. The molecule has 0 N–H and O–H groups in total. The van der Waals surface area contributed by atoms with Crippen molar-refractivity contribution in [2.45, 2.75) is 12.8 Å². The lowest BCUT2D eigenvalue weighted by atomic mass is 10.0. The molecule has 0 amide bonds. The quantitative estimate of drug-likeness (QED) is 0.624. The summed E-state index contributed by atoms with van der Waals surface area (Å²) in [4.78, 5) is 10.4. The van der Waals surface area contributed by atoms with E-state index in [-0.39, 0.29) is 11.4 Å². The Morgan fingerprint density at radius 1 is 1.44 bits per heavy atom. The van der Waals surface area contributed by atoms with E-state index in [9.17, 15) is 10.1 Å². The number of nitro benzene ring substituents is 1. The molecule has 98 valence electrons. The van der Waals surface area contributed by atoms with E-state index in [1.807, 2.05) is 0 Å². The number of ether oxygens (including phenoxy) is 2. The monoisotopic (exact) mass is 271 g/mol. The van der Waals surface area contributed by atoms with Crippen LogP contribution in [0.4, 0.5) is 5.69 Å². The second kappa shape index (κ2) is 6.02. The minimum atomic E-state index is -0.463. The number of nitro groups is 1. The van der Waals surface area contributed by atoms with Crippen molar-refractivity contribution in [3.05, 3.63) is 33.3 Å². The minimum absolute atomic E-state index is 0.0496. The van der Waals surface area contributed by atoms with Crippen molar-refractivity contribution in [2.75, 3.05) is 19.8 Å². The van der Waals surface area contributed by atoms with Gasteiger partial charge >= 0.3 is 5.69 Å². The van der Waals surface area contributed by atoms with E-state index in [2.05, 4.69) is 0 Å². The Morgan fingerprint density at radius 2 is 2.17 bits per heavy atom. The summed E-state index contributed by atoms with van der Waals surface area (Å²) in [5.74, 6) is 0.622. The van der Waals surface area contributed by atoms with Crippen LogP contribution < -0.4 is 4.74 Å². The molecule has 1 aromatic rings. The van der Waals surface area contributed by atoms with E-state index in [1.54, 1.807) is 0 Å². The van der Waals surface area contributed by atoms with Crippen LogP contribution in [0.3, 0.4) is 0 Å². The molecule has 2 rings (SSSR count). The first-order valence-corrected chi connectivity index (χ1v) is 6.19. The van der Waals surface area contributed by atoms with Gasteiger partial charge in [-0.05, 0) is 24.8 Å². The number of benzene rings is 1. The lowest BCUT2D eigenvalue weighted by Gasteiger charge is -2.21. The maximum atomic E-state index is 10.8. The fraction of sp³-hybridized carbons (Fsp3) is 0.500. The second-order valence-corrected chi connectivity index (χ2v) is 4.67. The maximum absolute atomic E-state index is 10.8. The van der Waals surface area contributed by atoms with Crippen molar-refractivity contribution < 1.29 is 14.4 Å². The van der Waals surface area contributed by atoms with Crippen LogP contribution in [-0.2, 0) is 4.74 Å². The fourth-order valence-electron chi connectivity index (χ4n) is 1.88. The summed E-state index contributed by atoms with van der Waals surface area (Å²) < 4.78 is 10.8. The maximum Gasteiger partial charge on any atom is 0.311 e. The number of hydrogen-bond acceptors (Lipinski definition) is 4. The van der Waals surface area contributed by atoms with Gasteiger partial charge in [-0.1, -0.05) is 11.6 Å². The van der Waals surface area contributed by atoms with Gasteiger partial charge in [-0.2, -0.15) is 0 Å². The molecule has 1 fully saturated rings. The molecule has 5 nitrogen and oxygen atoms in total. The highest BCUT2D eigenvalue weighted by Crippen LogP contribution is 2.30. The van der Waals surface area contributed by atoms with Crippen LogP contribution in [0.25, 0.3) is 0 Å². The van der Waals surface area contributed by atoms with Crippen LogP contribution in [0.5, 0.6) is 5.75 Å². The Morgan fingerprint density at radius 3 is 2.83 bits per heavy atom. The molecule has 0 spiro atoms. The van der Waals surface area contributed by atoms with Crippen LogP contribution >= 0.6 is 11.6 Å². The summed E-state index contributed by atoms with van der Waals surface area (Å²) in [5.41, 5.74) is -0.0496. The molecule has 0 atom stereocenters. The van der Waals surface area contributed by atoms with Gasteiger partial charge in [0, 0.05) is 30.4 Å². The van der Waals surface area contributed by atoms with Crippen LogP contribution in [0.15, 0.2) is 18.2 Å². The molecular formula is C12H14ClNO4. The van der Waals surface area contributed by atoms with Gasteiger partial charge in [0.1, 0.15) is 0 Å². The molecule has 0 bridgehead atoms. The molecule has 0 aromatic heterocycles. The van der Waals surface area contributed by atoms with E-state index in [0.29, 0.717) is 17.5 Å². The molecule has 1 aliphatic heterocycles. The average molecular weight is 272 g/mol. The third-order valence-electron chi connectivity index (χ3n) is 2.93. The molecule has 0 radical (unpaired) electrons. The highest BCUT2D eigenvalue weighted by molar-refractivity contribution is 6.30. The third-order valence-corrected chi connectivity index (χ3v) is 3.17. The molecule has 1 heterocycles. The van der Waals surface area contributed by atoms with Crippen LogP contribution in [-0.4, -0.2) is 24.7 Å². The van der Waals surface area contributed by atoms with Gasteiger partial charge < -0.3 is 9.47 Å². The van der Waals surface area contributed by atoms with Crippen molar-refractivity contribution in [3.63, 3.8) is 0 Å². The molecule has 0 unspecified atom stereocenters.